The second-order valence-corrected chi connectivity index (χ2v) is 11.7. The number of carbonyl (C=O) groups is 1. The molecule has 2 aromatic carbocycles. The van der Waals surface area contributed by atoms with Crippen molar-refractivity contribution in [1.82, 2.24) is 14.9 Å². The molecule has 1 aliphatic rings. The van der Waals surface area contributed by atoms with Gasteiger partial charge in [0.05, 0.1) is 24.5 Å². The highest BCUT2D eigenvalue weighted by molar-refractivity contribution is 9.10. The van der Waals surface area contributed by atoms with Gasteiger partial charge < -0.3 is 24.8 Å². The second-order valence-electron chi connectivity index (χ2n) is 10.4. The molecule has 39 heavy (non-hydrogen) atoms. The van der Waals surface area contributed by atoms with Gasteiger partial charge in [0.25, 0.3) is 0 Å². The van der Waals surface area contributed by atoms with Crippen LogP contribution in [-0.2, 0) is 4.79 Å². The first-order valence-corrected chi connectivity index (χ1v) is 13.8. The fraction of sp³-hybridized carbons (Fsp3) is 0.233. The number of hydrogen-bond donors (Lipinski definition) is 2. The molecule has 0 aliphatic carbocycles. The number of amides is 1. The zero-order chi connectivity index (χ0) is 27.7. The standard InChI is InChI=1S/C30H30BrN5O2S/c1-30(2,3)28(37)33-22-14-13-21(18-25(22)38-4)36-27(26(34-29(36)39)23-11-5-6-15-32-23)24-12-8-16-35(24)20-10-7-9-19(31)17-20/h5-18,26-27H,1-4H3,(H,33,37)(H,34,39)/t26-,27-/m0/s1. The van der Waals surface area contributed by atoms with Crippen LogP contribution in [0.1, 0.15) is 44.2 Å². The van der Waals surface area contributed by atoms with Gasteiger partial charge in [0.1, 0.15) is 11.8 Å². The highest BCUT2D eigenvalue weighted by Crippen LogP contribution is 2.44. The van der Waals surface area contributed by atoms with Gasteiger partial charge in [0.15, 0.2) is 5.11 Å². The van der Waals surface area contributed by atoms with Gasteiger partial charge in [-0.2, -0.15) is 0 Å². The van der Waals surface area contributed by atoms with Crippen LogP contribution >= 0.6 is 28.1 Å². The van der Waals surface area contributed by atoms with Crippen molar-refractivity contribution in [2.24, 2.45) is 5.41 Å². The Morgan fingerprint density at radius 2 is 1.87 bits per heavy atom. The molecule has 200 valence electrons. The molecule has 2 aromatic heterocycles. The molecule has 5 rings (SSSR count). The number of nitrogens with one attached hydrogen (secondary N) is 2. The van der Waals surface area contributed by atoms with E-state index in [9.17, 15) is 4.79 Å². The molecule has 0 bridgehead atoms. The molecule has 3 heterocycles. The number of pyridine rings is 1. The smallest absolute Gasteiger partial charge is 0.229 e. The molecule has 1 saturated heterocycles. The van der Waals surface area contributed by atoms with Crippen molar-refractivity contribution >= 4 is 50.5 Å². The topological polar surface area (TPSA) is 71.4 Å². The predicted octanol–water partition coefficient (Wildman–Crippen LogP) is 6.81. The van der Waals surface area contributed by atoms with E-state index in [4.69, 9.17) is 17.0 Å². The zero-order valence-electron chi connectivity index (χ0n) is 22.2. The maximum atomic E-state index is 12.7. The Hall–Kier alpha value is -3.69. The number of hydrogen-bond acceptors (Lipinski definition) is 4. The lowest BCUT2D eigenvalue weighted by molar-refractivity contribution is -0.123. The number of rotatable bonds is 6. The molecule has 9 heteroatoms. The van der Waals surface area contributed by atoms with E-state index in [0.717, 1.165) is 27.2 Å². The van der Waals surface area contributed by atoms with Crippen LogP contribution in [0, 0.1) is 5.41 Å². The molecule has 0 spiro atoms. The summed E-state index contributed by atoms with van der Waals surface area (Å²) in [5, 5.41) is 7.08. The molecule has 1 fully saturated rings. The number of ether oxygens (including phenoxy) is 1. The molecule has 1 amide bonds. The molecule has 2 atom stereocenters. The maximum absolute atomic E-state index is 12.7. The lowest BCUT2D eigenvalue weighted by Crippen LogP contribution is -2.30. The van der Waals surface area contributed by atoms with Crippen LogP contribution in [0.25, 0.3) is 5.69 Å². The van der Waals surface area contributed by atoms with Crippen LogP contribution in [0.15, 0.2) is 89.7 Å². The van der Waals surface area contributed by atoms with E-state index < -0.39 is 5.41 Å². The summed E-state index contributed by atoms with van der Waals surface area (Å²) in [5.41, 5.74) is 3.86. The van der Waals surface area contributed by atoms with Crippen LogP contribution in [0.2, 0.25) is 0 Å². The molecule has 1 aliphatic heterocycles. The highest BCUT2D eigenvalue weighted by atomic mass is 79.9. The molecule has 0 radical (unpaired) electrons. The van der Waals surface area contributed by atoms with E-state index in [1.165, 1.54) is 0 Å². The lowest BCUT2D eigenvalue weighted by Gasteiger charge is -2.29. The minimum Gasteiger partial charge on any atom is -0.494 e. The minimum atomic E-state index is -0.539. The summed E-state index contributed by atoms with van der Waals surface area (Å²) in [4.78, 5) is 19.4. The first-order valence-electron chi connectivity index (χ1n) is 12.6. The Morgan fingerprint density at radius 3 is 2.56 bits per heavy atom. The van der Waals surface area contributed by atoms with E-state index in [2.05, 4.69) is 65.4 Å². The van der Waals surface area contributed by atoms with Crippen LogP contribution in [0.3, 0.4) is 0 Å². The summed E-state index contributed by atoms with van der Waals surface area (Å²) >= 11 is 9.53. The molecule has 0 unspecified atom stereocenters. The first kappa shape index (κ1) is 26.9. The Kier molecular flexibility index (Phi) is 7.46. The molecule has 2 N–H and O–H groups in total. The molecular weight excluding hydrogens is 574 g/mol. The summed E-state index contributed by atoms with van der Waals surface area (Å²) in [7, 11) is 1.60. The summed E-state index contributed by atoms with van der Waals surface area (Å²) in [6, 6.07) is 23.5. The van der Waals surface area contributed by atoms with E-state index in [-0.39, 0.29) is 18.0 Å². The van der Waals surface area contributed by atoms with Crippen LogP contribution in [0.4, 0.5) is 11.4 Å². The Labute approximate surface area is 242 Å². The third kappa shape index (κ3) is 5.42. The number of aromatic nitrogens is 2. The van der Waals surface area contributed by atoms with Crippen LogP contribution in [0.5, 0.6) is 5.75 Å². The van der Waals surface area contributed by atoms with Gasteiger partial charge in [-0.15, -0.1) is 0 Å². The minimum absolute atomic E-state index is 0.0909. The summed E-state index contributed by atoms with van der Waals surface area (Å²) in [6.45, 7) is 5.63. The third-order valence-corrected chi connectivity index (χ3v) is 7.47. The average Bonchev–Trinajstić information content (AvgIpc) is 3.53. The quantitative estimate of drug-likeness (QED) is 0.236. The Bertz CT molecular complexity index is 1520. The van der Waals surface area contributed by atoms with E-state index >= 15 is 0 Å². The molecule has 4 aromatic rings. The zero-order valence-corrected chi connectivity index (χ0v) is 24.6. The van der Waals surface area contributed by atoms with Crippen molar-refractivity contribution in [3.8, 4) is 11.4 Å². The number of thiocarbonyl (C=S) groups is 1. The number of halogens is 1. The van der Waals surface area contributed by atoms with Gasteiger partial charge in [0.2, 0.25) is 5.91 Å². The van der Waals surface area contributed by atoms with Crippen molar-refractivity contribution in [3.05, 3.63) is 101 Å². The fourth-order valence-corrected chi connectivity index (χ4v) is 5.41. The van der Waals surface area contributed by atoms with Crippen LogP contribution in [-0.4, -0.2) is 27.7 Å². The van der Waals surface area contributed by atoms with Crippen molar-refractivity contribution in [2.75, 3.05) is 17.3 Å². The summed E-state index contributed by atoms with van der Waals surface area (Å²) in [5.74, 6) is 0.460. The summed E-state index contributed by atoms with van der Waals surface area (Å²) in [6.07, 6.45) is 3.85. The highest BCUT2D eigenvalue weighted by Gasteiger charge is 2.42. The lowest BCUT2D eigenvalue weighted by atomic mass is 9.95. The SMILES string of the molecule is COc1cc(N2C(=S)N[C@@H](c3ccccn3)[C@@H]2c2cccn2-c2cccc(Br)c2)ccc1NC(=O)C(C)(C)C. The molecular formula is C30H30BrN5O2S. The largest absolute Gasteiger partial charge is 0.494 e. The maximum Gasteiger partial charge on any atom is 0.229 e. The third-order valence-electron chi connectivity index (χ3n) is 6.66. The van der Waals surface area contributed by atoms with Gasteiger partial charge in [-0.05, 0) is 66.8 Å². The number of benzene rings is 2. The van der Waals surface area contributed by atoms with Crippen molar-refractivity contribution in [3.63, 3.8) is 0 Å². The van der Waals surface area contributed by atoms with Crippen molar-refractivity contribution in [1.29, 1.82) is 0 Å². The number of nitrogens with zero attached hydrogens (tertiary/aromatic N) is 3. The van der Waals surface area contributed by atoms with Gasteiger partial charge in [-0.1, -0.05) is 48.8 Å². The number of carbonyl (C=O) groups excluding carboxylic acids is 1. The number of methoxy groups -OCH3 is 1. The molecule has 7 nitrogen and oxygen atoms in total. The average molecular weight is 605 g/mol. The van der Waals surface area contributed by atoms with E-state index in [1.807, 2.05) is 75.4 Å². The van der Waals surface area contributed by atoms with Gasteiger partial charge in [-0.25, -0.2) is 0 Å². The van der Waals surface area contributed by atoms with E-state index in [1.54, 1.807) is 13.3 Å². The predicted molar refractivity (Wildman–Crippen MR) is 162 cm³/mol. The first-order chi connectivity index (χ1) is 18.7. The van der Waals surface area contributed by atoms with Crippen molar-refractivity contribution in [2.45, 2.75) is 32.9 Å². The van der Waals surface area contributed by atoms with Crippen LogP contribution < -0.4 is 20.3 Å². The monoisotopic (exact) mass is 603 g/mol. The Morgan fingerprint density at radius 1 is 1.05 bits per heavy atom. The number of anilines is 2. The van der Waals surface area contributed by atoms with Gasteiger partial charge in [0, 0.05) is 45.4 Å². The molecule has 0 saturated carbocycles. The van der Waals surface area contributed by atoms with E-state index in [0.29, 0.717) is 16.5 Å². The van der Waals surface area contributed by atoms with Crippen molar-refractivity contribution < 1.29 is 9.53 Å². The summed E-state index contributed by atoms with van der Waals surface area (Å²) < 4.78 is 8.88. The Balaban J connectivity index is 1.61. The van der Waals surface area contributed by atoms with Gasteiger partial charge in [-0.3, -0.25) is 9.78 Å². The normalized spacial score (nSPS) is 17.2. The van der Waals surface area contributed by atoms with Gasteiger partial charge >= 0.3 is 0 Å². The fourth-order valence-electron chi connectivity index (χ4n) is 4.67. The second kappa shape index (κ2) is 10.8.